The number of nitriles is 1. The smallest absolute Gasteiger partial charge is 0.405 e. The number of alkyl halides is 3. The van der Waals surface area contributed by atoms with Crippen LogP contribution >= 0.6 is 0 Å². The molecule has 6 heteroatoms. The van der Waals surface area contributed by atoms with Crippen molar-refractivity contribution < 1.29 is 17.9 Å². The maximum Gasteiger partial charge on any atom is 0.573 e. The number of nitrogens with one attached hydrogen (secondary N) is 1. The van der Waals surface area contributed by atoms with Crippen LogP contribution in [0.25, 0.3) is 0 Å². The topological polar surface area (TPSA) is 45.0 Å². The van der Waals surface area contributed by atoms with Gasteiger partial charge in [-0.1, -0.05) is 24.3 Å². The van der Waals surface area contributed by atoms with E-state index in [-0.39, 0.29) is 12.3 Å². The highest BCUT2D eigenvalue weighted by Crippen LogP contribution is 2.26. The Morgan fingerprint density at radius 3 is 2.54 bits per heavy atom. The van der Waals surface area contributed by atoms with Gasteiger partial charge in [-0.15, -0.1) is 13.2 Å². The highest BCUT2D eigenvalue weighted by atomic mass is 19.4. The third-order valence-electron chi connectivity index (χ3n) is 3.56. The van der Waals surface area contributed by atoms with E-state index in [1.807, 2.05) is 19.1 Å². The van der Waals surface area contributed by atoms with Crippen molar-refractivity contribution in [1.29, 1.82) is 5.26 Å². The predicted molar refractivity (Wildman–Crippen MR) is 84.4 cm³/mol. The van der Waals surface area contributed by atoms with Gasteiger partial charge in [0.1, 0.15) is 5.75 Å². The molecule has 0 saturated heterocycles. The van der Waals surface area contributed by atoms with Crippen LogP contribution in [0.5, 0.6) is 5.75 Å². The van der Waals surface area contributed by atoms with Gasteiger partial charge in [-0.3, -0.25) is 0 Å². The summed E-state index contributed by atoms with van der Waals surface area (Å²) in [5, 5.41) is 12.0. The van der Waals surface area contributed by atoms with Crippen molar-refractivity contribution >= 4 is 0 Å². The number of nitrogens with zero attached hydrogens (tertiary/aromatic N) is 1. The minimum atomic E-state index is -4.70. The Labute approximate surface area is 138 Å². The molecular formula is C18H17F3N2O. The number of rotatable bonds is 6. The zero-order valence-electron chi connectivity index (χ0n) is 13.2. The lowest BCUT2D eigenvalue weighted by atomic mass is 10.0. The highest BCUT2D eigenvalue weighted by molar-refractivity contribution is 5.37. The molecule has 0 bridgehead atoms. The van der Waals surface area contributed by atoms with Crippen molar-refractivity contribution in [3.63, 3.8) is 0 Å². The van der Waals surface area contributed by atoms with Gasteiger partial charge in [0, 0.05) is 12.1 Å². The minimum absolute atomic E-state index is 0.188. The summed E-state index contributed by atoms with van der Waals surface area (Å²) in [6.45, 7) is 2.82. The van der Waals surface area contributed by atoms with Gasteiger partial charge in [0.25, 0.3) is 0 Å². The third kappa shape index (κ3) is 5.28. The first kappa shape index (κ1) is 17.8. The zero-order valence-corrected chi connectivity index (χ0v) is 13.2. The number of aryl methyl sites for hydroxylation is 1. The summed E-state index contributed by atoms with van der Waals surface area (Å²) in [7, 11) is 0. The fourth-order valence-electron chi connectivity index (χ4n) is 2.37. The van der Waals surface area contributed by atoms with E-state index in [0.717, 1.165) is 17.5 Å². The summed E-state index contributed by atoms with van der Waals surface area (Å²) in [5.74, 6) is -0.188. The van der Waals surface area contributed by atoms with Gasteiger partial charge < -0.3 is 10.1 Å². The van der Waals surface area contributed by atoms with Crippen molar-refractivity contribution in [2.24, 2.45) is 0 Å². The van der Waals surface area contributed by atoms with E-state index in [1.54, 1.807) is 18.2 Å². The molecule has 2 aromatic carbocycles. The number of hydrogen-bond donors (Lipinski definition) is 1. The van der Waals surface area contributed by atoms with Crippen LogP contribution in [0.3, 0.4) is 0 Å². The predicted octanol–water partition coefficient (Wildman–Crippen LogP) is 4.10. The molecule has 1 N–H and O–H groups in total. The Morgan fingerprint density at radius 1 is 1.12 bits per heavy atom. The molecule has 2 aromatic rings. The van der Waals surface area contributed by atoms with Crippen molar-refractivity contribution in [2.75, 3.05) is 6.54 Å². The summed E-state index contributed by atoms with van der Waals surface area (Å²) in [4.78, 5) is 0. The highest BCUT2D eigenvalue weighted by Gasteiger charge is 2.31. The molecule has 0 amide bonds. The molecule has 126 valence electrons. The Morgan fingerprint density at radius 2 is 1.88 bits per heavy atom. The molecule has 0 atom stereocenters. The molecule has 24 heavy (non-hydrogen) atoms. The fourth-order valence-corrected chi connectivity index (χ4v) is 2.37. The van der Waals surface area contributed by atoms with E-state index >= 15 is 0 Å². The maximum atomic E-state index is 12.4. The van der Waals surface area contributed by atoms with Crippen LogP contribution in [0.2, 0.25) is 0 Å². The second-order valence-electron chi connectivity index (χ2n) is 5.34. The second-order valence-corrected chi connectivity index (χ2v) is 5.34. The third-order valence-corrected chi connectivity index (χ3v) is 3.56. The van der Waals surface area contributed by atoms with Crippen molar-refractivity contribution in [3.05, 3.63) is 64.7 Å². The summed E-state index contributed by atoms with van der Waals surface area (Å²) in [6.07, 6.45) is -3.98. The summed E-state index contributed by atoms with van der Waals surface area (Å²) in [5.41, 5.74) is 3.19. The van der Waals surface area contributed by atoms with Crippen LogP contribution in [0.15, 0.2) is 42.5 Å². The van der Waals surface area contributed by atoms with Gasteiger partial charge >= 0.3 is 6.36 Å². The molecule has 0 aliphatic rings. The first-order valence-electron chi connectivity index (χ1n) is 7.43. The number of halogens is 3. The lowest BCUT2D eigenvalue weighted by Crippen LogP contribution is -2.21. The van der Waals surface area contributed by atoms with Crippen LogP contribution in [0.4, 0.5) is 13.2 Å². The summed E-state index contributed by atoms with van der Waals surface area (Å²) in [6, 6.07) is 13.6. The molecule has 3 nitrogen and oxygen atoms in total. The van der Waals surface area contributed by atoms with E-state index < -0.39 is 6.36 Å². The van der Waals surface area contributed by atoms with Crippen LogP contribution in [0, 0.1) is 18.3 Å². The van der Waals surface area contributed by atoms with Gasteiger partial charge in [0.15, 0.2) is 0 Å². The molecule has 0 unspecified atom stereocenters. The lowest BCUT2D eigenvalue weighted by Gasteiger charge is -2.14. The number of hydrogen-bond acceptors (Lipinski definition) is 3. The van der Waals surface area contributed by atoms with Gasteiger partial charge in [-0.05, 0) is 49.2 Å². The lowest BCUT2D eigenvalue weighted by molar-refractivity contribution is -0.274. The molecule has 2 rings (SSSR count). The molecular weight excluding hydrogens is 317 g/mol. The van der Waals surface area contributed by atoms with Crippen LogP contribution in [0.1, 0.15) is 22.3 Å². The minimum Gasteiger partial charge on any atom is -0.405 e. The summed E-state index contributed by atoms with van der Waals surface area (Å²) >= 11 is 0. The molecule has 0 radical (unpaired) electrons. The Kier molecular flexibility index (Phi) is 5.83. The van der Waals surface area contributed by atoms with E-state index in [2.05, 4.69) is 16.1 Å². The van der Waals surface area contributed by atoms with Gasteiger partial charge in [-0.2, -0.15) is 5.26 Å². The molecule has 0 spiro atoms. The molecule has 0 fully saturated rings. The fraction of sp³-hybridized carbons (Fsp3) is 0.278. The second kappa shape index (κ2) is 7.84. The summed E-state index contributed by atoms with van der Waals surface area (Å²) < 4.78 is 41.1. The zero-order chi connectivity index (χ0) is 17.6. The largest absolute Gasteiger partial charge is 0.573 e. The Bertz CT molecular complexity index is 736. The van der Waals surface area contributed by atoms with E-state index in [1.165, 1.54) is 12.1 Å². The average Bonchev–Trinajstić information content (AvgIpc) is 2.52. The number of para-hydroxylation sites is 1. The monoisotopic (exact) mass is 334 g/mol. The van der Waals surface area contributed by atoms with Crippen molar-refractivity contribution in [1.82, 2.24) is 5.32 Å². The first-order valence-corrected chi connectivity index (χ1v) is 7.43. The van der Waals surface area contributed by atoms with E-state index in [0.29, 0.717) is 17.7 Å². The Balaban J connectivity index is 1.90. The van der Waals surface area contributed by atoms with Crippen LogP contribution < -0.4 is 10.1 Å². The van der Waals surface area contributed by atoms with Crippen molar-refractivity contribution in [2.45, 2.75) is 26.3 Å². The molecule has 0 saturated carbocycles. The quantitative estimate of drug-likeness (QED) is 0.809. The van der Waals surface area contributed by atoms with Gasteiger partial charge in [0.05, 0.1) is 11.6 Å². The molecule has 0 aromatic heterocycles. The van der Waals surface area contributed by atoms with Gasteiger partial charge in [-0.25, -0.2) is 0 Å². The average molecular weight is 334 g/mol. The SMILES string of the molecule is Cc1cc(C#N)ccc1CCNCc1ccccc1OC(F)(F)F. The van der Waals surface area contributed by atoms with E-state index in [4.69, 9.17) is 5.26 Å². The molecule has 0 aliphatic carbocycles. The van der Waals surface area contributed by atoms with E-state index in [9.17, 15) is 13.2 Å². The first-order chi connectivity index (χ1) is 11.4. The molecule has 0 aliphatic heterocycles. The molecule has 0 heterocycles. The number of benzene rings is 2. The van der Waals surface area contributed by atoms with Gasteiger partial charge in [0.2, 0.25) is 0 Å². The van der Waals surface area contributed by atoms with Crippen LogP contribution in [-0.2, 0) is 13.0 Å². The Hall–Kier alpha value is -2.52. The van der Waals surface area contributed by atoms with Crippen LogP contribution in [-0.4, -0.2) is 12.9 Å². The standard InChI is InChI=1S/C18H17F3N2O/c1-13-10-14(11-22)6-7-15(13)8-9-23-12-16-4-2-3-5-17(16)24-18(19,20)21/h2-7,10,23H,8-9,12H2,1H3. The van der Waals surface area contributed by atoms with Crippen molar-refractivity contribution in [3.8, 4) is 11.8 Å². The maximum absolute atomic E-state index is 12.4. The normalized spacial score (nSPS) is 11.1. The number of ether oxygens (including phenoxy) is 1.